The number of ether oxygens (including phenoxy) is 1. The maximum absolute atomic E-state index is 12.6. The molecule has 0 atom stereocenters. The van der Waals surface area contributed by atoms with Crippen molar-refractivity contribution in [2.75, 3.05) is 11.9 Å². The zero-order chi connectivity index (χ0) is 20.9. The molecular formula is C24H26N2O4. The number of hydrogen-bond donors (Lipinski definition) is 2. The van der Waals surface area contributed by atoms with Crippen LogP contribution >= 0.6 is 0 Å². The average Bonchev–Trinajstić information content (AvgIpc) is 3.43. The van der Waals surface area contributed by atoms with Crippen LogP contribution in [-0.2, 0) is 22.4 Å². The predicted molar refractivity (Wildman–Crippen MR) is 114 cm³/mol. The molecule has 0 saturated heterocycles. The third-order valence-corrected chi connectivity index (χ3v) is 5.80. The van der Waals surface area contributed by atoms with Crippen LogP contribution < -0.4 is 10.6 Å². The maximum Gasteiger partial charge on any atom is 0.338 e. The molecule has 0 unspecified atom stereocenters. The van der Waals surface area contributed by atoms with E-state index in [2.05, 4.69) is 10.6 Å². The van der Waals surface area contributed by atoms with Crippen LogP contribution in [0.2, 0.25) is 0 Å². The standard InChI is InChI=1S/C24H26N2O4/c27-22(15-30-24(29)18-13-12-16-6-5-7-17(16)14-18)26-21-11-4-3-10-20(21)23(28)25-19-8-1-2-9-19/h3-4,10-14,19H,1-2,5-9,15H2,(H,25,28)(H,26,27). The second-order valence-electron chi connectivity index (χ2n) is 7.96. The number of carbonyl (C=O) groups excluding carboxylic acids is 3. The summed E-state index contributed by atoms with van der Waals surface area (Å²) < 4.78 is 5.18. The first-order valence-electron chi connectivity index (χ1n) is 10.6. The molecule has 2 aromatic carbocycles. The largest absolute Gasteiger partial charge is 0.452 e. The van der Waals surface area contributed by atoms with E-state index in [-0.39, 0.29) is 11.9 Å². The molecule has 2 aliphatic rings. The second kappa shape index (κ2) is 9.11. The lowest BCUT2D eigenvalue weighted by molar-refractivity contribution is -0.119. The lowest BCUT2D eigenvalue weighted by atomic mass is 10.1. The fourth-order valence-corrected chi connectivity index (χ4v) is 4.22. The average molecular weight is 406 g/mol. The van der Waals surface area contributed by atoms with Crippen molar-refractivity contribution in [3.05, 3.63) is 64.7 Å². The number of fused-ring (bicyclic) bond motifs is 1. The lowest BCUT2D eigenvalue weighted by Gasteiger charge is -2.15. The summed E-state index contributed by atoms with van der Waals surface area (Å²) in [6, 6.07) is 12.6. The summed E-state index contributed by atoms with van der Waals surface area (Å²) in [5.41, 5.74) is 3.72. The highest BCUT2D eigenvalue weighted by Gasteiger charge is 2.21. The number of para-hydroxylation sites is 1. The van der Waals surface area contributed by atoms with Crippen LogP contribution in [0.5, 0.6) is 0 Å². The van der Waals surface area contributed by atoms with Gasteiger partial charge >= 0.3 is 5.97 Å². The molecule has 156 valence electrons. The normalized spacial score (nSPS) is 15.5. The van der Waals surface area contributed by atoms with Gasteiger partial charge in [0, 0.05) is 6.04 Å². The Kier molecular flexibility index (Phi) is 6.12. The number of hydrogen-bond acceptors (Lipinski definition) is 4. The van der Waals surface area contributed by atoms with Crippen molar-refractivity contribution < 1.29 is 19.1 Å². The van der Waals surface area contributed by atoms with E-state index >= 15 is 0 Å². The van der Waals surface area contributed by atoms with E-state index in [0.717, 1.165) is 44.9 Å². The van der Waals surface area contributed by atoms with Crippen molar-refractivity contribution in [3.63, 3.8) is 0 Å². The molecule has 0 spiro atoms. The smallest absolute Gasteiger partial charge is 0.338 e. The van der Waals surface area contributed by atoms with E-state index in [1.807, 2.05) is 12.1 Å². The van der Waals surface area contributed by atoms with Crippen LogP contribution in [0.15, 0.2) is 42.5 Å². The van der Waals surface area contributed by atoms with Gasteiger partial charge < -0.3 is 15.4 Å². The number of esters is 1. The Labute approximate surface area is 176 Å². The highest BCUT2D eigenvalue weighted by atomic mass is 16.5. The highest BCUT2D eigenvalue weighted by Crippen LogP contribution is 2.23. The minimum Gasteiger partial charge on any atom is -0.452 e. The number of rotatable bonds is 6. The Morgan fingerprint density at radius 2 is 1.70 bits per heavy atom. The van der Waals surface area contributed by atoms with E-state index in [0.29, 0.717) is 16.8 Å². The molecule has 0 heterocycles. The number of anilines is 1. The number of amides is 2. The summed E-state index contributed by atoms with van der Waals surface area (Å²) in [6.07, 6.45) is 7.33. The topological polar surface area (TPSA) is 84.5 Å². The van der Waals surface area contributed by atoms with Gasteiger partial charge in [0.15, 0.2) is 6.61 Å². The molecule has 0 radical (unpaired) electrons. The third kappa shape index (κ3) is 4.70. The van der Waals surface area contributed by atoms with Crippen molar-refractivity contribution in [2.24, 2.45) is 0 Å². The molecule has 30 heavy (non-hydrogen) atoms. The number of carbonyl (C=O) groups is 3. The van der Waals surface area contributed by atoms with Crippen molar-refractivity contribution in [1.29, 1.82) is 0 Å². The Morgan fingerprint density at radius 3 is 2.53 bits per heavy atom. The van der Waals surface area contributed by atoms with Crippen LogP contribution in [0, 0.1) is 0 Å². The molecule has 2 aliphatic carbocycles. The molecule has 6 heteroatoms. The van der Waals surface area contributed by atoms with Crippen molar-refractivity contribution in [2.45, 2.75) is 51.0 Å². The van der Waals surface area contributed by atoms with Gasteiger partial charge in [0.1, 0.15) is 0 Å². The molecule has 0 aromatic heterocycles. The Bertz CT molecular complexity index is 963. The molecule has 2 amide bonds. The zero-order valence-corrected chi connectivity index (χ0v) is 16.9. The van der Waals surface area contributed by atoms with Gasteiger partial charge in [-0.05, 0) is 67.5 Å². The Hall–Kier alpha value is -3.15. The summed E-state index contributed by atoms with van der Waals surface area (Å²) in [6.45, 7) is -0.408. The van der Waals surface area contributed by atoms with Crippen LogP contribution in [-0.4, -0.2) is 30.4 Å². The fourth-order valence-electron chi connectivity index (χ4n) is 4.22. The van der Waals surface area contributed by atoms with E-state index in [1.165, 1.54) is 11.1 Å². The summed E-state index contributed by atoms with van der Waals surface area (Å²) in [5.74, 6) is -1.20. The first-order valence-corrected chi connectivity index (χ1v) is 10.6. The number of nitrogens with one attached hydrogen (secondary N) is 2. The van der Waals surface area contributed by atoms with Gasteiger partial charge in [0.05, 0.1) is 16.8 Å². The summed E-state index contributed by atoms with van der Waals surface area (Å²) >= 11 is 0. The highest BCUT2D eigenvalue weighted by molar-refractivity contribution is 6.04. The molecule has 2 N–H and O–H groups in total. The molecule has 0 aliphatic heterocycles. The van der Waals surface area contributed by atoms with Gasteiger partial charge in [-0.1, -0.05) is 31.0 Å². The van der Waals surface area contributed by atoms with Crippen LogP contribution in [0.3, 0.4) is 0 Å². The summed E-state index contributed by atoms with van der Waals surface area (Å²) in [7, 11) is 0. The number of aryl methyl sites for hydroxylation is 2. The molecule has 0 bridgehead atoms. The zero-order valence-electron chi connectivity index (χ0n) is 16.9. The molecule has 2 aromatic rings. The van der Waals surface area contributed by atoms with E-state index < -0.39 is 18.5 Å². The minimum absolute atomic E-state index is 0.189. The summed E-state index contributed by atoms with van der Waals surface area (Å²) in [4.78, 5) is 37.2. The van der Waals surface area contributed by atoms with Gasteiger partial charge in [-0.25, -0.2) is 4.79 Å². The maximum atomic E-state index is 12.6. The molecule has 1 saturated carbocycles. The van der Waals surface area contributed by atoms with Crippen molar-refractivity contribution >= 4 is 23.5 Å². The minimum atomic E-state index is -0.521. The van der Waals surface area contributed by atoms with Gasteiger partial charge in [0.25, 0.3) is 11.8 Å². The first-order chi connectivity index (χ1) is 14.6. The molecule has 4 rings (SSSR count). The van der Waals surface area contributed by atoms with Gasteiger partial charge in [-0.3, -0.25) is 9.59 Å². The monoisotopic (exact) mass is 406 g/mol. The number of benzene rings is 2. The van der Waals surface area contributed by atoms with E-state index in [4.69, 9.17) is 4.74 Å². The van der Waals surface area contributed by atoms with Gasteiger partial charge in [-0.2, -0.15) is 0 Å². The van der Waals surface area contributed by atoms with E-state index in [1.54, 1.807) is 30.3 Å². The fraction of sp³-hybridized carbons (Fsp3) is 0.375. The predicted octanol–water partition coefficient (Wildman–Crippen LogP) is 3.64. The third-order valence-electron chi connectivity index (χ3n) is 5.80. The SMILES string of the molecule is O=C(COC(=O)c1ccc2c(c1)CCC2)Nc1ccccc1C(=O)NC1CCCC1. The summed E-state index contributed by atoms with van der Waals surface area (Å²) in [5, 5.41) is 5.71. The van der Waals surface area contributed by atoms with Crippen molar-refractivity contribution in [1.82, 2.24) is 5.32 Å². The van der Waals surface area contributed by atoms with Crippen molar-refractivity contribution in [3.8, 4) is 0 Å². The lowest BCUT2D eigenvalue weighted by Crippen LogP contribution is -2.33. The van der Waals surface area contributed by atoms with E-state index in [9.17, 15) is 14.4 Å². The molecule has 1 fully saturated rings. The Morgan fingerprint density at radius 1 is 0.933 bits per heavy atom. The van der Waals surface area contributed by atoms with Gasteiger partial charge in [-0.15, -0.1) is 0 Å². The van der Waals surface area contributed by atoms with Crippen LogP contribution in [0.4, 0.5) is 5.69 Å². The quantitative estimate of drug-likeness (QED) is 0.718. The molecule has 6 nitrogen and oxygen atoms in total. The molecular weight excluding hydrogens is 380 g/mol. The Balaban J connectivity index is 1.34. The first kappa shape index (κ1) is 20.1. The van der Waals surface area contributed by atoms with Crippen LogP contribution in [0.1, 0.15) is 63.9 Å². The van der Waals surface area contributed by atoms with Crippen LogP contribution in [0.25, 0.3) is 0 Å². The van der Waals surface area contributed by atoms with Gasteiger partial charge in [0.2, 0.25) is 0 Å². The second-order valence-corrected chi connectivity index (χ2v) is 7.96.